The number of ether oxygens (including phenoxy) is 1. The SMILES string of the molecule is CCCC1CCC(C(=O)OC2=Cc3cc(F)c(-c4cc(F)c(F)c(F)c4)c(F)c3CC2)CC1. The summed E-state index contributed by atoms with van der Waals surface area (Å²) in [6.07, 6.45) is 7.66. The largest absolute Gasteiger partial charge is 0.431 e. The fourth-order valence-corrected chi connectivity index (χ4v) is 4.91. The van der Waals surface area contributed by atoms with Gasteiger partial charge in [-0.1, -0.05) is 19.8 Å². The van der Waals surface area contributed by atoms with Gasteiger partial charge in [-0.2, -0.15) is 0 Å². The third-order valence-electron chi connectivity index (χ3n) is 6.67. The van der Waals surface area contributed by atoms with E-state index < -0.39 is 40.2 Å². The molecule has 0 heterocycles. The van der Waals surface area contributed by atoms with Gasteiger partial charge in [0, 0.05) is 6.42 Å². The van der Waals surface area contributed by atoms with Gasteiger partial charge >= 0.3 is 5.97 Å². The first kappa shape index (κ1) is 23.5. The van der Waals surface area contributed by atoms with Crippen LogP contribution >= 0.6 is 0 Å². The summed E-state index contributed by atoms with van der Waals surface area (Å²) in [7, 11) is 0. The molecule has 4 rings (SSSR count). The lowest BCUT2D eigenvalue weighted by atomic mass is 9.80. The molecule has 2 aromatic carbocycles. The van der Waals surface area contributed by atoms with Crippen molar-refractivity contribution in [2.45, 2.75) is 58.3 Å². The number of benzene rings is 2. The minimum absolute atomic E-state index is 0.128. The Balaban J connectivity index is 1.54. The third-order valence-corrected chi connectivity index (χ3v) is 6.67. The summed E-state index contributed by atoms with van der Waals surface area (Å²) in [6.45, 7) is 2.15. The average molecular weight is 464 g/mol. The van der Waals surface area contributed by atoms with Crippen LogP contribution in [0.1, 0.15) is 63.0 Å². The minimum Gasteiger partial charge on any atom is -0.431 e. The average Bonchev–Trinajstić information content (AvgIpc) is 2.78. The Morgan fingerprint density at radius 2 is 1.58 bits per heavy atom. The summed E-state index contributed by atoms with van der Waals surface area (Å²) in [6, 6.07) is 2.16. The first-order valence-corrected chi connectivity index (χ1v) is 11.4. The van der Waals surface area contributed by atoms with Crippen LogP contribution in [-0.2, 0) is 16.0 Å². The molecule has 0 bridgehead atoms. The molecule has 0 aliphatic heterocycles. The first-order chi connectivity index (χ1) is 15.8. The summed E-state index contributed by atoms with van der Waals surface area (Å²) in [5.41, 5.74) is -0.692. The second-order valence-corrected chi connectivity index (χ2v) is 8.91. The van der Waals surface area contributed by atoms with Crippen LogP contribution in [-0.4, -0.2) is 5.97 Å². The maximum absolute atomic E-state index is 15.1. The minimum atomic E-state index is -1.70. The summed E-state index contributed by atoms with van der Waals surface area (Å²) < 4.78 is 75.9. The molecule has 0 unspecified atom stereocenters. The Kier molecular flexibility index (Phi) is 6.86. The molecule has 2 nitrogen and oxygen atoms in total. The van der Waals surface area contributed by atoms with E-state index >= 15 is 4.39 Å². The van der Waals surface area contributed by atoms with Crippen molar-refractivity contribution in [2.24, 2.45) is 11.8 Å². The molecule has 176 valence electrons. The summed E-state index contributed by atoms with van der Waals surface area (Å²) >= 11 is 0. The van der Waals surface area contributed by atoms with Crippen LogP contribution in [0, 0.1) is 40.9 Å². The topological polar surface area (TPSA) is 26.3 Å². The highest BCUT2D eigenvalue weighted by Crippen LogP contribution is 2.37. The molecule has 0 N–H and O–H groups in total. The zero-order valence-corrected chi connectivity index (χ0v) is 18.3. The number of carbonyl (C=O) groups is 1. The predicted molar refractivity (Wildman–Crippen MR) is 114 cm³/mol. The molecule has 0 atom stereocenters. The van der Waals surface area contributed by atoms with Crippen LogP contribution in [0.5, 0.6) is 0 Å². The van der Waals surface area contributed by atoms with Crippen molar-refractivity contribution in [1.82, 2.24) is 0 Å². The Hall–Kier alpha value is -2.70. The number of hydrogen-bond acceptors (Lipinski definition) is 2. The number of halogens is 5. The lowest BCUT2D eigenvalue weighted by molar-refractivity contribution is -0.145. The highest BCUT2D eigenvalue weighted by Gasteiger charge is 2.29. The highest BCUT2D eigenvalue weighted by molar-refractivity contribution is 5.76. The Morgan fingerprint density at radius 1 is 0.909 bits per heavy atom. The number of allylic oxidation sites excluding steroid dienone is 1. The zero-order chi connectivity index (χ0) is 23.7. The van der Waals surface area contributed by atoms with Gasteiger partial charge in [-0.15, -0.1) is 0 Å². The van der Waals surface area contributed by atoms with Crippen LogP contribution in [0.2, 0.25) is 0 Å². The molecule has 2 aromatic rings. The van der Waals surface area contributed by atoms with Crippen molar-refractivity contribution >= 4 is 12.0 Å². The molecule has 0 radical (unpaired) electrons. The van der Waals surface area contributed by atoms with Gasteiger partial charge in [0.25, 0.3) is 0 Å². The van der Waals surface area contributed by atoms with E-state index in [1.54, 1.807) is 0 Å². The normalized spacial score (nSPS) is 20.2. The van der Waals surface area contributed by atoms with Gasteiger partial charge in [-0.25, -0.2) is 22.0 Å². The van der Waals surface area contributed by atoms with E-state index in [0.717, 1.165) is 38.2 Å². The number of esters is 1. The van der Waals surface area contributed by atoms with Crippen molar-refractivity contribution in [3.63, 3.8) is 0 Å². The van der Waals surface area contributed by atoms with Gasteiger partial charge in [0.15, 0.2) is 17.5 Å². The quantitative estimate of drug-likeness (QED) is 0.260. The monoisotopic (exact) mass is 464 g/mol. The first-order valence-electron chi connectivity index (χ1n) is 11.4. The molecule has 0 saturated heterocycles. The molecular formula is C26H25F5O2. The van der Waals surface area contributed by atoms with Crippen LogP contribution in [0.15, 0.2) is 24.0 Å². The molecule has 1 fully saturated rings. The number of carbonyl (C=O) groups excluding carboxylic acids is 1. The molecule has 0 spiro atoms. The second-order valence-electron chi connectivity index (χ2n) is 8.91. The van der Waals surface area contributed by atoms with E-state index in [2.05, 4.69) is 6.92 Å². The lowest BCUT2D eigenvalue weighted by Crippen LogP contribution is -2.24. The van der Waals surface area contributed by atoms with E-state index in [-0.39, 0.29) is 35.9 Å². The third kappa shape index (κ3) is 4.82. The summed E-state index contributed by atoms with van der Waals surface area (Å²) in [5.74, 6) is -6.25. The van der Waals surface area contributed by atoms with Gasteiger partial charge in [-0.05, 0) is 79.0 Å². The zero-order valence-electron chi connectivity index (χ0n) is 18.3. The number of fused-ring (bicyclic) bond motifs is 1. The number of hydrogen-bond donors (Lipinski definition) is 0. The maximum atomic E-state index is 15.1. The standard InChI is InChI=1S/C26H25F5O2/c1-2-3-14-4-6-15(7-5-14)26(32)33-18-8-9-19-16(10-18)11-20(27)23(24(19)30)17-12-21(28)25(31)22(29)13-17/h10-15H,2-9H2,1H3. The molecule has 2 aliphatic rings. The molecule has 0 amide bonds. The van der Waals surface area contributed by atoms with Gasteiger partial charge in [-0.3, -0.25) is 4.79 Å². The molecule has 2 aliphatic carbocycles. The van der Waals surface area contributed by atoms with Crippen molar-refractivity contribution in [1.29, 1.82) is 0 Å². The van der Waals surface area contributed by atoms with Crippen LogP contribution in [0.3, 0.4) is 0 Å². The van der Waals surface area contributed by atoms with Gasteiger partial charge in [0.05, 0.1) is 11.5 Å². The highest BCUT2D eigenvalue weighted by atomic mass is 19.2. The van der Waals surface area contributed by atoms with E-state index in [1.165, 1.54) is 12.5 Å². The van der Waals surface area contributed by atoms with Crippen molar-refractivity contribution in [3.8, 4) is 11.1 Å². The molecular weight excluding hydrogens is 439 g/mol. The Labute approximate surface area is 189 Å². The van der Waals surface area contributed by atoms with Gasteiger partial charge < -0.3 is 4.74 Å². The van der Waals surface area contributed by atoms with Crippen molar-refractivity contribution in [2.75, 3.05) is 0 Å². The van der Waals surface area contributed by atoms with Crippen LogP contribution in [0.25, 0.3) is 17.2 Å². The van der Waals surface area contributed by atoms with Crippen molar-refractivity contribution in [3.05, 3.63) is 64.2 Å². The van der Waals surface area contributed by atoms with E-state index in [9.17, 15) is 22.4 Å². The summed E-state index contributed by atoms with van der Waals surface area (Å²) in [4.78, 5) is 12.6. The second kappa shape index (κ2) is 9.65. The number of rotatable bonds is 5. The Bertz CT molecular complexity index is 1080. The fourth-order valence-electron chi connectivity index (χ4n) is 4.91. The molecule has 0 aromatic heterocycles. The smallest absolute Gasteiger partial charge is 0.314 e. The van der Waals surface area contributed by atoms with Crippen molar-refractivity contribution < 1.29 is 31.5 Å². The van der Waals surface area contributed by atoms with E-state index in [1.807, 2.05) is 0 Å². The predicted octanol–water partition coefficient (Wildman–Crippen LogP) is 7.49. The van der Waals surface area contributed by atoms with Crippen LogP contribution < -0.4 is 0 Å². The van der Waals surface area contributed by atoms with Gasteiger partial charge in [0.2, 0.25) is 0 Å². The maximum Gasteiger partial charge on any atom is 0.314 e. The van der Waals surface area contributed by atoms with Crippen LogP contribution in [0.4, 0.5) is 22.0 Å². The molecule has 1 saturated carbocycles. The fraction of sp³-hybridized carbons (Fsp3) is 0.423. The van der Waals surface area contributed by atoms with E-state index in [0.29, 0.717) is 23.8 Å². The Morgan fingerprint density at radius 3 is 2.21 bits per heavy atom. The van der Waals surface area contributed by atoms with Gasteiger partial charge in [0.1, 0.15) is 17.4 Å². The van der Waals surface area contributed by atoms with E-state index in [4.69, 9.17) is 4.74 Å². The summed E-state index contributed by atoms with van der Waals surface area (Å²) in [5, 5.41) is 0. The molecule has 33 heavy (non-hydrogen) atoms. The lowest BCUT2D eigenvalue weighted by Gasteiger charge is -2.27. The molecule has 7 heteroatoms.